The van der Waals surface area contributed by atoms with Crippen LogP contribution in [-0.4, -0.2) is 12.1 Å². The molecule has 2 rings (SSSR count). The molecule has 2 aliphatic rings. The van der Waals surface area contributed by atoms with Gasteiger partial charge in [-0.05, 0) is 18.8 Å². The van der Waals surface area contributed by atoms with Crippen LogP contribution in [0.4, 0.5) is 0 Å². The molecule has 1 aliphatic carbocycles. The van der Waals surface area contributed by atoms with E-state index in [1.807, 2.05) is 6.92 Å². The summed E-state index contributed by atoms with van der Waals surface area (Å²) in [6, 6.07) is 0. The molecule has 1 saturated carbocycles. The molecule has 1 saturated heterocycles. The van der Waals surface area contributed by atoms with Gasteiger partial charge < -0.3 is 4.74 Å². The fraction of sp³-hybridized carbons (Fsp3) is 0.900. The lowest BCUT2D eigenvalue weighted by Crippen LogP contribution is -2.27. The first-order valence-electron chi connectivity index (χ1n) is 4.89. The van der Waals surface area contributed by atoms with Crippen LogP contribution in [0.5, 0.6) is 0 Å². The quantitative estimate of drug-likeness (QED) is 0.517. The van der Waals surface area contributed by atoms with Gasteiger partial charge in [-0.1, -0.05) is 20.3 Å². The van der Waals surface area contributed by atoms with Crippen molar-refractivity contribution in [2.75, 3.05) is 0 Å². The predicted molar refractivity (Wildman–Crippen MR) is 45.5 cm³/mol. The highest BCUT2D eigenvalue weighted by Crippen LogP contribution is 2.40. The second-order valence-electron chi connectivity index (χ2n) is 4.35. The number of ether oxygens (including phenoxy) is 1. The minimum absolute atomic E-state index is 0.0269. The van der Waals surface area contributed by atoms with Crippen LogP contribution >= 0.6 is 0 Å². The number of rotatable bonds is 0. The maximum absolute atomic E-state index is 11.2. The molecule has 0 bridgehead atoms. The van der Waals surface area contributed by atoms with Crippen LogP contribution in [0.2, 0.25) is 0 Å². The Bertz CT molecular complexity index is 200. The van der Waals surface area contributed by atoms with E-state index in [-0.39, 0.29) is 18.0 Å². The average Bonchev–Trinajstić information content (AvgIpc) is 2.28. The molecular weight excluding hydrogens is 152 g/mol. The minimum atomic E-state index is 0.0269. The molecule has 4 atom stereocenters. The Hall–Kier alpha value is -0.530. The van der Waals surface area contributed by atoms with Gasteiger partial charge in [0.15, 0.2) is 0 Å². The summed E-state index contributed by atoms with van der Waals surface area (Å²) < 4.78 is 5.31. The van der Waals surface area contributed by atoms with Gasteiger partial charge in [-0.15, -0.1) is 0 Å². The second kappa shape index (κ2) is 2.75. The smallest absolute Gasteiger partial charge is 0.309 e. The van der Waals surface area contributed by atoms with E-state index in [0.717, 1.165) is 12.3 Å². The number of esters is 1. The maximum atomic E-state index is 11.2. The van der Waals surface area contributed by atoms with E-state index < -0.39 is 0 Å². The van der Waals surface area contributed by atoms with Gasteiger partial charge in [0.05, 0.1) is 5.92 Å². The van der Waals surface area contributed by atoms with Crippen molar-refractivity contribution in [3.8, 4) is 0 Å². The van der Waals surface area contributed by atoms with Crippen LogP contribution in [0.3, 0.4) is 0 Å². The minimum Gasteiger partial charge on any atom is -0.462 e. The normalized spacial score (nSPS) is 47.0. The summed E-state index contributed by atoms with van der Waals surface area (Å²) >= 11 is 0. The van der Waals surface area contributed by atoms with Gasteiger partial charge in [-0.3, -0.25) is 4.79 Å². The van der Waals surface area contributed by atoms with E-state index >= 15 is 0 Å². The molecule has 0 aromatic carbocycles. The van der Waals surface area contributed by atoms with Crippen molar-refractivity contribution in [1.82, 2.24) is 0 Å². The summed E-state index contributed by atoms with van der Waals surface area (Å²) in [6.07, 6.45) is 3.78. The van der Waals surface area contributed by atoms with Crippen LogP contribution < -0.4 is 0 Å². The Labute approximate surface area is 73.3 Å². The fourth-order valence-corrected chi connectivity index (χ4v) is 2.49. The third-order valence-electron chi connectivity index (χ3n) is 3.39. The number of fused-ring (bicyclic) bond motifs is 1. The van der Waals surface area contributed by atoms with Crippen molar-refractivity contribution < 1.29 is 9.53 Å². The maximum Gasteiger partial charge on any atom is 0.309 e. The molecule has 0 spiro atoms. The summed E-state index contributed by atoms with van der Waals surface area (Å²) in [6.45, 7) is 4.25. The number of carbonyl (C=O) groups excluding carboxylic acids is 1. The zero-order valence-electron chi connectivity index (χ0n) is 7.75. The Morgan fingerprint density at radius 2 is 2.08 bits per heavy atom. The molecule has 2 fully saturated rings. The summed E-state index contributed by atoms with van der Waals surface area (Å²) in [7, 11) is 0. The Morgan fingerprint density at radius 1 is 1.33 bits per heavy atom. The molecule has 0 N–H and O–H groups in total. The molecule has 2 heteroatoms. The molecule has 1 heterocycles. The molecule has 2 nitrogen and oxygen atoms in total. The molecular formula is C10H16O2. The highest BCUT2D eigenvalue weighted by molar-refractivity contribution is 5.74. The predicted octanol–water partition coefficient (Wildman–Crippen LogP) is 1.98. The van der Waals surface area contributed by atoms with Gasteiger partial charge in [0.2, 0.25) is 0 Å². The zero-order valence-corrected chi connectivity index (χ0v) is 7.75. The first-order valence-corrected chi connectivity index (χ1v) is 4.89. The zero-order chi connectivity index (χ0) is 8.72. The van der Waals surface area contributed by atoms with Crippen LogP contribution in [0.25, 0.3) is 0 Å². The highest BCUT2D eigenvalue weighted by Gasteiger charge is 2.43. The molecule has 0 amide bonds. The van der Waals surface area contributed by atoms with Crippen molar-refractivity contribution in [3.63, 3.8) is 0 Å². The first kappa shape index (κ1) is 8.09. The van der Waals surface area contributed by atoms with Gasteiger partial charge in [-0.25, -0.2) is 0 Å². The third kappa shape index (κ3) is 1.13. The molecule has 68 valence electrons. The summed E-state index contributed by atoms with van der Waals surface area (Å²) in [4.78, 5) is 11.2. The van der Waals surface area contributed by atoms with Crippen molar-refractivity contribution in [1.29, 1.82) is 0 Å². The standard InChI is InChI=1S/C10H16O2/c1-6-3-4-8-7(2)10(11)12-9(8)5-6/h6-9H,3-5H2,1-2H3/t6-,7-,8-,9-/m1/s1. The van der Waals surface area contributed by atoms with Crippen molar-refractivity contribution in [2.45, 2.75) is 39.2 Å². The fourth-order valence-electron chi connectivity index (χ4n) is 2.49. The molecule has 0 aromatic heterocycles. The summed E-state index contributed by atoms with van der Waals surface area (Å²) in [5.74, 6) is 1.44. The van der Waals surface area contributed by atoms with E-state index in [4.69, 9.17) is 4.74 Å². The number of hydrogen-bond acceptors (Lipinski definition) is 2. The van der Waals surface area contributed by atoms with Crippen LogP contribution in [0.15, 0.2) is 0 Å². The third-order valence-corrected chi connectivity index (χ3v) is 3.39. The van der Waals surface area contributed by atoms with E-state index in [1.165, 1.54) is 12.8 Å². The Balaban J connectivity index is 2.09. The summed E-state index contributed by atoms with van der Waals surface area (Å²) in [5.41, 5.74) is 0. The topological polar surface area (TPSA) is 26.3 Å². The molecule has 12 heavy (non-hydrogen) atoms. The Morgan fingerprint density at radius 3 is 2.83 bits per heavy atom. The lowest BCUT2D eigenvalue weighted by molar-refractivity contribution is -0.144. The summed E-state index contributed by atoms with van der Waals surface area (Å²) in [5, 5.41) is 0. The van der Waals surface area contributed by atoms with Gasteiger partial charge in [0.1, 0.15) is 6.10 Å². The monoisotopic (exact) mass is 168 g/mol. The van der Waals surface area contributed by atoms with Crippen LogP contribution in [0.1, 0.15) is 33.1 Å². The lowest BCUT2D eigenvalue weighted by atomic mass is 9.77. The first-order chi connectivity index (χ1) is 5.68. The van der Waals surface area contributed by atoms with Gasteiger partial charge >= 0.3 is 5.97 Å². The Kier molecular flexibility index (Phi) is 1.85. The SMILES string of the molecule is C[C@@H]1CC[C@H]2[C@@H](C1)OC(=O)[C@@H]2C. The molecule has 0 aromatic rings. The number of hydrogen-bond donors (Lipinski definition) is 0. The molecule has 0 radical (unpaired) electrons. The van der Waals surface area contributed by atoms with E-state index in [1.54, 1.807) is 0 Å². The van der Waals surface area contributed by atoms with Crippen molar-refractivity contribution in [2.24, 2.45) is 17.8 Å². The number of carbonyl (C=O) groups is 1. The van der Waals surface area contributed by atoms with Gasteiger partial charge in [0.25, 0.3) is 0 Å². The van der Waals surface area contributed by atoms with Gasteiger partial charge in [-0.2, -0.15) is 0 Å². The van der Waals surface area contributed by atoms with Gasteiger partial charge in [0, 0.05) is 5.92 Å². The van der Waals surface area contributed by atoms with Crippen LogP contribution in [0, 0.1) is 17.8 Å². The molecule has 0 unspecified atom stereocenters. The van der Waals surface area contributed by atoms with Crippen LogP contribution in [-0.2, 0) is 9.53 Å². The van der Waals surface area contributed by atoms with E-state index in [9.17, 15) is 4.79 Å². The highest BCUT2D eigenvalue weighted by atomic mass is 16.6. The largest absolute Gasteiger partial charge is 0.462 e. The van der Waals surface area contributed by atoms with Crippen molar-refractivity contribution in [3.05, 3.63) is 0 Å². The average molecular weight is 168 g/mol. The second-order valence-corrected chi connectivity index (χ2v) is 4.35. The van der Waals surface area contributed by atoms with E-state index in [0.29, 0.717) is 5.92 Å². The van der Waals surface area contributed by atoms with Crippen molar-refractivity contribution >= 4 is 5.97 Å². The molecule has 1 aliphatic heterocycles. The lowest BCUT2D eigenvalue weighted by Gasteiger charge is -2.28. The van der Waals surface area contributed by atoms with E-state index in [2.05, 4.69) is 6.92 Å².